The molecule has 7 heteroatoms. The fraction of sp³-hybridized carbons (Fsp3) is 0.133. The molecule has 1 aromatic heterocycles. The Kier molecular flexibility index (Phi) is 5.37. The van der Waals surface area contributed by atoms with E-state index in [0.29, 0.717) is 16.4 Å². The van der Waals surface area contributed by atoms with Gasteiger partial charge in [0.05, 0.1) is 19.2 Å². The first-order chi connectivity index (χ1) is 10.6. The molecule has 5 nitrogen and oxygen atoms in total. The summed E-state index contributed by atoms with van der Waals surface area (Å²) in [5, 5.41) is 4.66. The molecule has 0 aliphatic carbocycles. The largest absolute Gasteiger partial charge is 0.469 e. The Bertz CT molecular complexity index is 695. The number of carbonyl (C=O) groups is 2. The van der Waals surface area contributed by atoms with Gasteiger partial charge in [-0.3, -0.25) is 14.9 Å². The first-order valence-electron chi connectivity index (χ1n) is 6.32. The molecule has 1 aromatic carbocycles. The predicted octanol–water partition coefficient (Wildman–Crippen LogP) is 2.65. The van der Waals surface area contributed by atoms with E-state index in [1.165, 1.54) is 36.7 Å². The second kappa shape index (κ2) is 7.46. The molecule has 0 spiro atoms. The Hall–Kier alpha value is -2.54. The highest BCUT2D eigenvalue weighted by atomic mass is 32.1. The van der Waals surface area contributed by atoms with Gasteiger partial charge in [-0.15, -0.1) is 11.3 Å². The van der Waals surface area contributed by atoms with E-state index in [9.17, 15) is 14.0 Å². The lowest BCUT2D eigenvalue weighted by Gasteiger charge is -1.97. The van der Waals surface area contributed by atoms with Crippen LogP contribution in [0.2, 0.25) is 0 Å². The van der Waals surface area contributed by atoms with E-state index in [2.05, 4.69) is 15.0 Å². The third-order valence-corrected chi connectivity index (χ3v) is 3.44. The van der Waals surface area contributed by atoms with Gasteiger partial charge in [0.15, 0.2) is 5.13 Å². The molecule has 114 valence electrons. The normalized spacial score (nSPS) is 10.6. The smallest absolute Gasteiger partial charge is 0.311 e. The lowest BCUT2D eigenvalue weighted by molar-refractivity contribution is -0.139. The monoisotopic (exact) mass is 320 g/mol. The third kappa shape index (κ3) is 4.78. The SMILES string of the molecule is COC(=O)Cc1csc(NC(=O)/C=C/c2ccc(F)cc2)n1. The van der Waals surface area contributed by atoms with Gasteiger partial charge in [0.25, 0.3) is 0 Å². The van der Waals surface area contributed by atoms with Crippen molar-refractivity contribution < 1.29 is 18.7 Å². The number of amides is 1. The van der Waals surface area contributed by atoms with Crippen LogP contribution < -0.4 is 5.32 Å². The van der Waals surface area contributed by atoms with Gasteiger partial charge in [-0.2, -0.15) is 0 Å². The number of nitrogens with one attached hydrogen (secondary N) is 1. The summed E-state index contributed by atoms with van der Waals surface area (Å²) in [5.74, 6) is -1.08. The van der Waals surface area contributed by atoms with E-state index in [4.69, 9.17) is 0 Å². The topological polar surface area (TPSA) is 68.3 Å². The quantitative estimate of drug-likeness (QED) is 0.679. The van der Waals surface area contributed by atoms with Crippen LogP contribution in [0.5, 0.6) is 0 Å². The van der Waals surface area contributed by atoms with Gasteiger partial charge < -0.3 is 4.74 Å². The zero-order valence-electron chi connectivity index (χ0n) is 11.7. The van der Waals surface area contributed by atoms with Crippen LogP contribution in [0.1, 0.15) is 11.3 Å². The molecule has 0 aliphatic heterocycles. The fourth-order valence-corrected chi connectivity index (χ4v) is 2.27. The fourth-order valence-electron chi connectivity index (χ4n) is 1.56. The summed E-state index contributed by atoms with van der Waals surface area (Å²) in [4.78, 5) is 27.0. The molecule has 1 amide bonds. The van der Waals surface area contributed by atoms with Crippen LogP contribution in [0.4, 0.5) is 9.52 Å². The van der Waals surface area contributed by atoms with Crippen molar-refractivity contribution in [3.63, 3.8) is 0 Å². The number of aromatic nitrogens is 1. The molecule has 0 atom stereocenters. The minimum Gasteiger partial charge on any atom is -0.469 e. The summed E-state index contributed by atoms with van der Waals surface area (Å²) in [5.41, 5.74) is 1.25. The van der Waals surface area contributed by atoms with Crippen molar-refractivity contribution in [1.82, 2.24) is 4.98 Å². The summed E-state index contributed by atoms with van der Waals surface area (Å²) in [7, 11) is 1.30. The number of methoxy groups -OCH3 is 1. The number of anilines is 1. The maximum Gasteiger partial charge on any atom is 0.311 e. The Labute approximate surface area is 130 Å². The van der Waals surface area contributed by atoms with Crippen molar-refractivity contribution in [2.75, 3.05) is 12.4 Å². The van der Waals surface area contributed by atoms with Gasteiger partial charge in [0, 0.05) is 11.5 Å². The predicted molar refractivity (Wildman–Crippen MR) is 81.9 cm³/mol. The molecule has 0 saturated carbocycles. The minimum absolute atomic E-state index is 0.0638. The number of esters is 1. The first kappa shape index (κ1) is 15.8. The highest BCUT2D eigenvalue weighted by Crippen LogP contribution is 2.16. The number of ether oxygens (including phenoxy) is 1. The van der Waals surface area contributed by atoms with Gasteiger partial charge in [-0.05, 0) is 23.8 Å². The molecule has 1 heterocycles. The summed E-state index contributed by atoms with van der Waals surface area (Å²) in [6, 6.07) is 5.77. The van der Waals surface area contributed by atoms with Crippen molar-refractivity contribution in [2.24, 2.45) is 0 Å². The Morgan fingerprint density at radius 2 is 2.09 bits per heavy atom. The van der Waals surface area contributed by atoms with Crippen LogP contribution in [0, 0.1) is 5.82 Å². The summed E-state index contributed by atoms with van der Waals surface area (Å²) >= 11 is 1.22. The number of benzene rings is 1. The molecule has 0 unspecified atom stereocenters. The Balaban J connectivity index is 1.91. The van der Waals surface area contributed by atoms with Crippen molar-refractivity contribution in [3.8, 4) is 0 Å². The highest BCUT2D eigenvalue weighted by Gasteiger charge is 2.08. The van der Waals surface area contributed by atoms with Crippen LogP contribution in [0.15, 0.2) is 35.7 Å². The number of carbonyl (C=O) groups excluding carboxylic acids is 2. The number of nitrogens with zero attached hydrogens (tertiary/aromatic N) is 1. The number of hydrogen-bond acceptors (Lipinski definition) is 5. The van der Waals surface area contributed by atoms with Crippen molar-refractivity contribution in [1.29, 1.82) is 0 Å². The lowest BCUT2D eigenvalue weighted by atomic mass is 10.2. The van der Waals surface area contributed by atoms with E-state index in [-0.39, 0.29) is 24.1 Å². The summed E-state index contributed by atoms with van der Waals surface area (Å²) in [6.45, 7) is 0. The van der Waals surface area contributed by atoms with E-state index in [0.717, 1.165) is 0 Å². The van der Waals surface area contributed by atoms with Crippen molar-refractivity contribution >= 4 is 34.4 Å². The first-order valence-corrected chi connectivity index (χ1v) is 7.20. The van der Waals surface area contributed by atoms with Gasteiger partial charge in [-0.25, -0.2) is 9.37 Å². The van der Waals surface area contributed by atoms with Gasteiger partial charge in [0.1, 0.15) is 5.82 Å². The van der Waals surface area contributed by atoms with Crippen LogP contribution in [-0.4, -0.2) is 24.0 Å². The molecule has 0 bridgehead atoms. The third-order valence-electron chi connectivity index (χ3n) is 2.63. The maximum atomic E-state index is 12.7. The molecule has 0 radical (unpaired) electrons. The molecule has 2 rings (SSSR count). The van der Waals surface area contributed by atoms with E-state index >= 15 is 0 Å². The molecule has 22 heavy (non-hydrogen) atoms. The molecule has 2 aromatic rings. The molecular formula is C15H13FN2O3S. The number of rotatable bonds is 5. The molecule has 0 aliphatic rings. The number of hydrogen-bond donors (Lipinski definition) is 1. The average Bonchev–Trinajstić information content (AvgIpc) is 2.93. The zero-order chi connectivity index (χ0) is 15.9. The molecule has 0 saturated heterocycles. The van der Waals surface area contributed by atoms with Gasteiger partial charge >= 0.3 is 5.97 Å². The number of halogens is 1. The second-order valence-electron chi connectivity index (χ2n) is 4.27. The van der Waals surface area contributed by atoms with E-state index in [1.807, 2.05) is 0 Å². The zero-order valence-corrected chi connectivity index (χ0v) is 12.5. The second-order valence-corrected chi connectivity index (χ2v) is 5.13. The number of thiazole rings is 1. The van der Waals surface area contributed by atoms with Gasteiger partial charge in [0.2, 0.25) is 5.91 Å². The standard InChI is InChI=1S/C15H13FN2O3S/c1-21-14(20)8-12-9-22-15(17-12)18-13(19)7-4-10-2-5-11(16)6-3-10/h2-7,9H,8H2,1H3,(H,17,18,19)/b7-4+. The highest BCUT2D eigenvalue weighted by molar-refractivity contribution is 7.14. The minimum atomic E-state index is -0.389. The molecule has 1 N–H and O–H groups in total. The lowest BCUT2D eigenvalue weighted by Crippen LogP contribution is -2.08. The summed E-state index contributed by atoms with van der Waals surface area (Å²) < 4.78 is 17.3. The molecule has 0 fully saturated rings. The van der Waals surface area contributed by atoms with E-state index in [1.54, 1.807) is 23.6 Å². The van der Waals surface area contributed by atoms with Crippen molar-refractivity contribution in [3.05, 3.63) is 52.8 Å². The summed E-state index contributed by atoms with van der Waals surface area (Å²) in [6.07, 6.45) is 2.96. The van der Waals surface area contributed by atoms with Crippen LogP contribution >= 0.6 is 11.3 Å². The van der Waals surface area contributed by atoms with Crippen LogP contribution in [0.3, 0.4) is 0 Å². The molecular weight excluding hydrogens is 307 g/mol. The van der Waals surface area contributed by atoms with Crippen LogP contribution in [-0.2, 0) is 20.7 Å². The Morgan fingerprint density at radius 1 is 1.36 bits per heavy atom. The Morgan fingerprint density at radius 3 is 2.77 bits per heavy atom. The van der Waals surface area contributed by atoms with Gasteiger partial charge in [-0.1, -0.05) is 12.1 Å². The van der Waals surface area contributed by atoms with Crippen LogP contribution in [0.25, 0.3) is 6.08 Å². The van der Waals surface area contributed by atoms with E-state index < -0.39 is 0 Å². The average molecular weight is 320 g/mol. The maximum absolute atomic E-state index is 12.7. The van der Waals surface area contributed by atoms with Crippen molar-refractivity contribution in [2.45, 2.75) is 6.42 Å².